The summed E-state index contributed by atoms with van der Waals surface area (Å²) < 4.78 is 11.4. The maximum Gasteiger partial charge on any atom is 0.293 e. The van der Waals surface area contributed by atoms with Gasteiger partial charge in [-0.2, -0.15) is 0 Å². The van der Waals surface area contributed by atoms with E-state index in [1.807, 2.05) is 6.07 Å². The minimum Gasteiger partial charge on any atom is -0.454 e. The van der Waals surface area contributed by atoms with Crippen molar-refractivity contribution in [2.75, 3.05) is 6.79 Å². The highest BCUT2D eigenvalue weighted by atomic mass is 79.9. The lowest BCUT2D eigenvalue weighted by Crippen LogP contribution is -2.27. The minimum atomic E-state index is -0.343. The Labute approximate surface area is 167 Å². The van der Waals surface area contributed by atoms with E-state index >= 15 is 0 Å². The molecule has 2 aliphatic rings. The van der Waals surface area contributed by atoms with E-state index in [-0.39, 0.29) is 24.5 Å². The number of hydrogen-bond acceptors (Lipinski definition) is 5. The SMILES string of the molecule is O=C1S/C(=C/c2cc3c(cc2Br)OCO3)C(=O)N1Cc1ccccc1Cl. The molecular formula is C18H11BrClNO4S. The quantitative estimate of drug-likeness (QED) is 0.609. The van der Waals surface area contributed by atoms with Gasteiger partial charge in [-0.3, -0.25) is 14.5 Å². The maximum atomic E-state index is 12.7. The number of ether oxygens (including phenoxy) is 2. The van der Waals surface area contributed by atoms with Crippen molar-refractivity contribution in [1.29, 1.82) is 0 Å². The van der Waals surface area contributed by atoms with Gasteiger partial charge in [0, 0.05) is 9.50 Å². The second kappa shape index (κ2) is 6.98. The van der Waals surface area contributed by atoms with Crippen LogP contribution in [0.25, 0.3) is 6.08 Å². The first-order valence-corrected chi connectivity index (χ1v) is 9.59. The monoisotopic (exact) mass is 451 g/mol. The summed E-state index contributed by atoms with van der Waals surface area (Å²) >= 11 is 10.5. The van der Waals surface area contributed by atoms with Crippen LogP contribution in [0.5, 0.6) is 11.5 Å². The number of thioether (sulfide) groups is 1. The molecule has 2 amide bonds. The van der Waals surface area contributed by atoms with Gasteiger partial charge < -0.3 is 9.47 Å². The molecule has 2 aliphatic heterocycles. The van der Waals surface area contributed by atoms with E-state index in [4.69, 9.17) is 21.1 Å². The molecule has 0 unspecified atom stereocenters. The van der Waals surface area contributed by atoms with Gasteiger partial charge in [-0.15, -0.1) is 0 Å². The third kappa shape index (κ3) is 3.22. The molecule has 0 atom stereocenters. The molecule has 0 saturated carbocycles. The first kappa shape index (κ1) is 17.5. The van der Waals surface area contributed by atoms with Crippen molar-refractivity contribution in [1.82, 2.24) is 4.90 Å². The van der Waals surface area contributed by atoms with Crippen LogP contribution in [-0.4, -0.2) is 22.8 Å². The van der Waals surface area contributed by atoms with Crippen molar-refractivity contribution in [3.8, 4) is 11.5 Å². The van der Waals surface area contributed by atoms with E-state index in [1.165, 1.54) is 4.90 Å². The Morgan fingerprint density at radius 1 is 1.19 bits per heavy atom. The summed E-state index contributed by atoms with van der Waals surface area (Å²) in [4.78, 5) is 26.5. The highest BCUT2D eigenvalue weighted by Gasteiger charge is 2.35. The minimum absolute atomic E-state index is 0.143. The van der Waals surface area contributed by atoms with Gasteiger partial charge in [-0.25, -0.2) is 0 Å². The Kier molecular flexibility index (Phi) is 4.69. The lowest BCUT2D eigenvalue weighted by atomic mass is 10.1. The van der Waals surface area contributed by atoms with Gasteiger partial charge in [0.05, 0.1) is 11.4 Å². The number of halogens is 2. The number of carbonyl (C=O) groups excluding carboxylic acids is 2. The van der Waals surface area contributed by atoms with Crippen LogP contribution >= 0.6 is 39.3 Å². The zero-order valence-corrected chi connectivity index (χ0v) is 16.4. The van der Waals surface area contributed by atoms with Crippen LogP contribution in [0.1, 0.15) is 11.1 Å². The molecule has 0 aromatic heterocycles. The lowest BCUT2D eigenvalue weighted by Gasteiger charge is -2.13. The van der Waals surface area contributed by atoms with Gasteiger partial charge >= 0.3 is 0 Å². The Balaban J connectivity index is 1.61. The third-order valence-electron chi connectivity index (χ3n) is 3.94. The van der Waals surface area contributed by atoms with Crippen LogP contribution in [-0.2, 0) is 11.3 Å². The van der Waals surface area contributed by atoms with Crippen molar-refractivity contribution in [2.24, 2.45) is 0 Å². The Hall–Kier alpha value is -1.96. The predicted octanol–water partition coefficient (Wildman–Crippen LogP) is 5.07. The molecule has 8 heteroatoms. The molecule has 2 heterocycles. The molecule has 1 fully saturated rings. The molecule has 0 spiro atoms. The molecule has 2 aromatic rings. The highest BCUT2D eigenvalue weighted by molar-refractivity contribution is 9.10. The van der Waals surface area contributed by atoms with Crippen molar-refractivity contribution in [2.45, 2.75) is 6.54 Å². The molecule has 5 nitrogen and oxygen atoms in total. The van der Waals surface area contributed by atoms with E-state index in [0.717, 1.165) is 27.4 Å². The normalized spacial score (nSPS) is 17.5. The van der Waals surface area contributed by atoms with E-state index in [0.29, 0.717) is 21.4 Å². The molecule has 0 N–H and O–H groups in total. The summed E-state index contributed by atoms with van der Waals surface area (Å²) in [6.07, 6.45) is 1.67. The van der Waals surface area contributed by atoms with Crippen molar-refractivity contribution in [3.05, 3.63) is 61.9 Å². The molecule has 0 bridgehead atoms. The number of nitrogens with zero attached hydrogens (tertiary/aromatic N) is 1. The first-order valence-electron chi connectivity index (χ1n) is 7.61. The van der Waals surface area contributed by atoms with Crippen LogP contribution in [0.2, 0.25) is 5.02 Å². The standard InChI is InChI=1S/C18H11BrClNO4S/c19-12-7-15-14(24-9-25-15)5-11(12)6-16-17(22)21(18(23)26-16)8-10-3-1-2-4-13(10)20/h1-7H,8-9H2/b16-6+. The van der Waals surface area contributed by atoms with Gasteiger partial charge in [0.2, 0.25) is 6.79 Å². The van der Waals surface area contributed by atoms with Gasteiger partial charge in [0.1, 0.15) is 0 Å². The number of rotatable bonds is 3. The Morgan fingerprint density at radius 2 is 1.92 bits per heavy atom. The van der Waals surface area contributed by atoms with Gasteiger partial charge in [0.25, 0.3) is 11.1 Å². The van der Waals surface area contributed by atoms with E-state index in [9.17, 15) is 9.59 Å². The molecule has 0 radical (unpaired) electrons. The Bertz CT molecular complexity index is 962. The molecule has 0 aliphatic carbocycles. The summed E-state index contributed by atoms with van der Waals surface area (Å²) in [5.74, 6) is 0.903. The number of hydrogen-bond donors (Lipinski definition) is 0. The zero-order valence-electron chi connectivity index (χ0n) is 13.2. The second-order valence-electron chi connectivity index (χ2n) is 5.59. The summed E-state index contributed by atoms with van der Waals surface area (Å²) in [5.41, 5.74) is 1.46. The average molecular weight is 453 g/mol. The number of fused-ring (bicyclic) bond motifs is 1. The van der Waals surface area contributed by atoms with Crippen LogP contribution in [0.4, 0.5) is 4.79 Å². The number of imide groups is 1. The van der Waals surface area contributed by atoms with Crippen molar-refractivity contribution >= 4 is 56.5 Å². The Morgan fingerprint density at radius 3 is 2.69 bits per heavy atom. The zero-order chi connectivity index (χ0) is 18.3. The van der Waals surface area contributed by atoms with E-state index < -0.39 is 0 Å². The van der Waals surface area contributed by atoms with Crippen LogP contribution < -0.4 is 9.47 Å². The third-order valence-corrected chi connectivity index (χ3v) is 5.90. The largest absolute Gasteiger partial charge is 0.454 e. The number of benzene rings is 2. The fourth-order valence-corrected chi connectivity index (χ4v) is 4.08. The molecule has 132 valence electrons. The van der Waals surface area contributed by atoms with E-state index in [2.05, 4.69) is 15.9 Å². The molecule has 26 heavy (non-hydrogen) atoms. The smallest absolute Gasteiger partial charge is 0.293 e. The highest BCUT2D eigenvalue weighted by Crippen LogP contribution is 2.40. The first-order chi connectivity index (χ1) is 12.5. The number of amides is 2. The van der Waals surface area contributed by atoms with Crippen molar-refractivity contribution in [3.63, 3.8) is 0 Å². The van der Waals surface area contributed by atoms with Crippen LogP contribution in [0.3, 0.4) is 0 Å². The van der Waals surface area contributed by atoms with E-state index in [1.54, 1.807) is 36.4 Å². The fraction of sp³-hybridized carbons (Fsp3) is 0.111. The molecule has 1 saturated heterocycles. The van der Waals surface area contributed by atoms with Gasteiger partial charge in [0.15, 0.2) is 11.5 Å². The molecule has 2 aromatic carbocycles. The molecule has 4 rings (SSSR count). The summed E-state index contributed by atoms with van der Waals surface area (Å²) in [6, 6.07) is 10.7. The van der Waals surface area contributed by atoms with Crippen molar-refractivity contribution < 1.29 is 19.1 Å². The fourth-order valence-electron chi connectivity index (χ4n) is 2.62. The maximum absolute atomic E-state index is 12.7. The predicted molar refractivity (Wildman–Crippen MR) is 103 cm³/mol. The van der Waals surface area contributed by atoms with Crippen LogP contribution in [0.15, 0.2) is 45.8 Å². The summed E-state index contributed by atoms with van der Waals surface area (Å²) in [7, 11) is 0. The molecular weight excluding hydrogens is 442 g/mol. The topological polar surface area (TPSA) is 55.8 Å². The lowest BCUT2D eigenvalue weighted by molar-refractivity contribution is -0.123. The summed E-state index contributed by atoms with van der Waals surface area (Å²) in [6.45, 7) is 0.309. The van der Waals surface area contributed by atoms with Crippen LogP contribution in [0, 0.1) is 0 Å². The average Bonchev–Trinajstić information content (AvgIpc) is 3.16. The van der Waals surface area contributed by atoms with Gasteiger partial charge in [-0.1, -0.05) is 45.7 Å². The summed E-state index contributed by atoms with van der Waals surface area (Å²) in [5, 5.41) is 0.201. The number of carbonyl (C=O) groups is 2. The second-order valence-corrected chi connectivity index (χ2v) is 7.84. The van der Waals surface area contributed by atoms with Gasteiger partial charge in [-0.05, 0) is 47.2 Å².